The van der Waals surface area contributed by atoms with E-state index in [4.69, 9.17) is 18.9 Å². The lowest BCUT2D eigenvalue weighted by atomic mass is 9.97. The van der Waals surface area contributed by atoms with Gasteiger partial charge in [-0.15, -0.1) is 0 Å². The molecule has 2 saturated heterocycles. The average molecular weight is 1010 g/mol. The van der Waals surface area contributed by atoms with Crippen molar-refractivity contribution in [3.63, 3.8) is 0 Å². The third kappa shape index (κ3) is 26.9. The topological polar surface area (TPSA) is 268 Å². The number of rotatable bonds is 45. The molecular formula is C54H105NO15. The number of aliphatic hydroxyl groups is 10. The van der Waals surface area contributed by atoms with Gasteiger partial charge >= 0.3 is 0 Å². The smallest absolute Gasteiger partial charge is 0.249 e. The molecule has 16 nitrogen and oxygen atoms in total. The van der Waals surface area contributed by atoms with Gasteiger partial charge < -0.3 is 75.3 Å². The molecule has 1 unspecified atom stereocenters. The maximum absolute atomic E-state index is 13.4. The molecule has 16 heteroatoms. The Hall–Kier alpha value is -1.09. The van der Waals surface area contributed by atoms with E-state index in [1.807, 2.05) is 0 Å². The standard InChI is InChI=1S/C54H105NO15/c1-3-5-7-9-11-13-15-17-19-20-21-22-24-26-28-30-32-34-36-42(59)52(66)55-40(45(60)41(58)35-33-31-29-27-25-23-18-16-14-12-10-8-6-4-2)39-67-54-51(49(64)47(62)44(38-57)69-54)70-53-50(65)48(63)46(61)43(37-56)68-53/h40-51,53-54,56-65H,3-39H2,1-2H3,(H,55,66)/t40-,41+,42+,43+,44+,45-,46-,47-,48-,49-,50+,51+,53?,54-/m0/s1. The van der Waals surface area contributed by atoms with Crippen molar-refractivity contribution in [2.45, 2.75) is 318 Å². The Morgan fingerprint density at radius 2 is 0.829 bits per heavy atom. The van der Waals surface area contributed by atoms with Crippen LogP contribution in [0.4, 0.5) is 0 Å². The summed E-state index contributed by atoms with van der Waals surface area (Å²) in [6, 6.07) is -1.31. The highest BCUT2D eigenvalue weighted by Crippen LogP contribution is 2.30. The Labute approximate surface area is 422 Å². The number of aliphatic hydroxyl groups excluding tert-OH is 10. The summed E-state index contributed by atoms with van der Waals surface area (Å²) in [6.07, 6.45) is 17.7. The second-order valence-corrected chi connectivity index (χ2v) is 20.7. The van der Waals surface area contributed by atoms with E-state index in [0.29, 0.717) is 12.8 Å². The zero-order valence-corrected chi connectivity index (χ0v) is 43.8. The van der Waals surface area contributed by atoms with Crippen molar-refractivity contribution in [3.05, 3.63) is 0 Å². The lowest BCUT2D eigenvalue weighted by Gasteiger charge is -2.46. The van der Waals surface area contributed by atoms with Crippen LogP contribution >= 0.6 is 0 Å². The van der Waals surface area contributed by atoms with Gasteiger partial charge in [0, 0.05) is 0 Å². The molecule has 0 aromatic carbocycles. The van der Waals surface area contributed by atoms with Crippen molar-refractivity contribution in [3.8, 4) is 0 Å². The summed E-state index contributed by atoms with van der Waals surface area (Å²) in [5, 5.41) is 109. The third-order valence-corrected chi connectivity index (χ3v) is 14.5. The van der Waals surface area contributed by atoms with Gasteiger partial charge in [-0.1, -0.05) is 219 Å². The van der Waals surface area contributed by atoms with Gasteiger partial charge in [0.2, 0.25) is 5.91 Å². The van der Waals surface area contributed by atoms with Crippen LogP contribution in [0.25, 0.3) is 0 Å². The van der Waals surface area contributed by atoms with Crippen LogP contribution in [0.15, 0.2) is 0 Å². The van der Waals surface area contributed by atoms with E-state index in [9.17, 15) is 55.9 Å². The number of ether oxygens (including phenoxy) is 4. The van der Waals surface area contributed by atoms with Crippen molar-refractivity contribution < 1.29 is 74.8 Å². The van der Waals surface area contributed by atoms with Gasteiger partial charge in [-0.2, -0.15) is 0 Å². The molecular weight excluding hydrogens is 903 g/mol. The molecule has 11 N–H and O–H groups in total. The van der Waals surface area contributed by atoms with Crippen molar-refractivity contribution >= 4 is 5.91 Å². The van der Waals surface area contributed by atoms with Crippen LogP contribution in [-0.2, 0) is 23.7 Å². The molecule has 14 atom stereocenters. The van der Waals surface area contributed by atoms with Crippen molar-refractivity contribution in [2.75, 3.05) is 19.8 Å². The molecule has 0 aliphatic carbocycles. The predicted molar refractivity (Wildman–Crippen MR) is 271 cm³/mol. The van der Waals surface area contributed by atoms with Gasteiger partial charge in [0.25, 0.3) is 0 Å². The summed E-state index contributed by atoms with van der Waals surface area (Å²) in [7, 11) is 0. The number of hydrogen-bond acceptors (Lipinski definition) is 15. The molecule has 0 aromatic rings. The maximum atomic E-state index is 13.4. The SMILES string of the molecule is CCCCCCCCCCCCCCCCCCCC[C@@H](O)C(=O)N[C@@H](CO[C@H]1O[C@H](CO)[C@H](O)[C@H](O)[C@H]1OC1O[C@H](CO)[C@H](O)[C@H](O)[C@H]1O)[C@H](O)[C@H](O)CCCCCCCCCCCCCCCC. The predicted octanol–water partition coefficient (Wildman–Crippen LogP) is 6.50. The molecule has 0 spiro atoms. The Kier molecular flexibility index (Phi) is 38.3. The molecule has 0 radical (unpaired) electrons. The number of carbonyl (C=O) groups excluding carboxylic acids is 1. The zero-order valence-electron chi connectivity index (χ0n) is 43.8. The van der Waals surface area contributed by atoms with E-state index in [1.54, 1.807) is 0 Å². The number of carbonyl (C=O) groups is 1. The summed E-state index contributed by atoms with van der Waals surface area (Å²) in [5.74, 6) is -0.773. The second-order valence-electron chi connectivity index (χ2n) is 20.7. The first kappa shape index (κ1) is 65.0. The molecule has 416 valence electrons. The monoisotopic (exact) mass is 1010 g/mol. The molecule has 70 heavy (non-hydrogen) atoms. The highest BCUT2D eigenvalue weighted by Gasteiger charge is 2.51. The summed E-state index contributed by atoms with van der Waals surface area (Å²) in [5.41, 5.74) is 0. The number of unbranched alkanes of at least 4 members (excludes halogenated alkanes) is 30. The van der Waals surface area contributed by atoms with Crippen molar-refractivity contribution in [1.29, 1.82) is 0 Å². The fourth-order valence-electron chi connectivity index (χ4n) is 9.73. The minimum absolute atomic E-state index is 0.193. The Balaban J connectivity index is 1.91. The number of hydrogen-bond donors (Lipinski definition) is 11. The summed E-state index contributed by atoms with van der Waals surface area (Å²) in [4.78, 5) is 13.4. The van der Waals surface area contributed by atoms with E-state index in [2.05, 4.69) is 19.2 Å². The highest BCUT2D eigenvalue weighted by atomic mass is 16.8. The third-order valence-electron chi connectivity index (χ3n) is 14.5. The van der Waals surface area contributed by atoms with E-state index in [1.165, 1.54) is 141 Å². The maximum Gasteiger partial charge on any atom is 0.249 e. The molecule has 0 bridgehead atoms. The van der Waals surface area contributed by atoms with Gasteiger partial charge in [-0.3, -0.25) is 4.79 Å². The molecule has 2 heterocycles. The van der Waals surface area contributed by atoms with Crippen LogP contribution in [0, 0.1) is 0 Å². The Bertz CT molecular complexity index is 1220. The lowest BCUT2D eigenvalue weighted by molar-refractivity contribution is -0.368. The Morgan fingerprint density at radius 1 is 0.471 bits per heavy atom. The fourth-order valence-corrected chi connectivity index (χ4v) is 9.73. The van der Waals surface area contributed by atoms with Gasteiger partial charge in [0.15, 0.2) is 12.6 Å². The average Bonchev–Trinajstić information content (AvgIpc) is 3.36. The summed E-state index contributed by atoms with van der Waals surface area (Å²) in [6.45, 7) is 2.42. The normalized spacial score (nSPS) is 26.8. The van der Waals surface area contributed by atoms with Crippen LogP contribution in [0.1, 0.15) is 232 Å². The van der Waals surface area contributed by atoms with Crippen molar-refractivity contribution in [2.24, 2.45) is 0 Å². The van der Waals surface area contributed by atoms with Gasteiger partial charge in [-0.25, -0.2) is 0 Å². The molecule has 2 fully saturated rings. The summed E-state index contributed by atoms with van der Waals surface area (Å²) < 4.78 is 22.9. The van der Waals surface area contributed by atoms with E-state index in [0.717, 1.165) is 51.4 Å². The molecule has 0 saturated carbocycles. The molecule has 0 aromatic heterocycles. The lowest BCUT2D eigenvalue weighted by Crippen LogP contribution is -2.65. The van der Waals surface area contributed by atoms with Crippen LogP contribution in [0.5, 0.6) is 0 Å². The number of amides is 1. The minimum Gasteiger partial charge on any atom is -0.394 e. The van der Waals surface area contributed by atoms with Crippen LogP contribution in [0.3, 0.4) is 0 Å². The van der Waals surface area contributed by atoms with E-state index < -0.39 is 111 Å². The quantitative estimate of drug-likeness (QED) is 0.0291. The highest BCUT2D eigenvalue weighted by molar-refractivity contribution is 5.80. The first-order valence-corrected chi connectivity index (χ1v) is 28.5. The Morgan fingerprint density at radius 3 is 1.23 bits per heavy atom. The first-order valence-electron chi connectivity index (χ1n) is 28.5. The largest absolute Gasteiger partial charge is 0.394 e. The van der Waals surface area contributed by atoms with E-state index >= 15 is 0 Å². The molecule has 2 aliphatic rings. The van der Waals surface area contributed by atoms with Crippen LogP contribution in [0.2, 0.25) is 0 Å². The molecule has 2 rings (SSSR count). The van der Waals surface area contributed by atoms with Gasteiger partial charge in [0.05, 0.1) is 32.0 Å². The summed E-state index contributed by atoms with van der Waals surface area (Å²) >= 11 is 0. The number of nitrogens with one attached hydrogen (secondary N) is 1. The first-order chi connectivity index (χ1) is 33.9. The van der Waals surface area contributed by atoms with Gasteiger partial charge in [0.1, 0.15) is 61.0 Å². The van der Waals surface area contributed by atoms with Crippen LogP contribution < -0.4 is 5.32 Å². The van der Waals surface area contributed by atoms with Crippen LogP contribution in [-0.4, -0.2) is 163 Å². The zero-order chi connectivity index (χ0) is 51.4. The second kappa shape index (κ2) is 41.2. The van der Waals surface area contributed by atoms with Crippen molar-refractivity contribution in [1.82, 2.24) is 5.32 Å². The van der Waals surface area contributed by atoms with Gasteiger partial charge in [-0.05, 0) is 12.8 Å². The van der Waals surface area contributed by atoms with E-state index in [-0.39, 0.29) is 12.8 Å². The fraction of sp³-hybridized carbons (Fsp3) is 0.981. The molecule has 1 amide bonds. The minimum atomic E-state index is -1.87. The molecule has 2 aliphatic heterocycles.